The van der Waals surface area contributed by atoms with E-state index in [1.807, 2.05) is 6.92 Å². The van der Waals surface area contributed by atoms with Crippen LogP contribution in [0.5, 0.6) is 0 Å². The highest BCUT2D eigenvalue weighted by Crippen LogP contribution is 2.21. The standard InChI is InChI=1S/C18H27NO/c1-5-16-6-8-19(9-7-16)12-18(20)17-11-14(3)13(2)10-15(17)4/h10-11,16H,5-9,12H2,1-4H3. The molecule has 1 aromatic rings. The van der Waals surface area contributed by atoms with Crippen LogP contribution in [0.3, 0.4) is 0 Å². The van der Waals surface area contributed by atoms with Gasteiger partial charge in [0, 0.05) is 5.56 Å². The average molecular weight is 273 g/mol. The second-order valence-corrected chi connectivity index (χ2v) is 6.30. The van der Waals surface area contributed by atoms with Gasteiger partial charge in [-0.05, 0) is 75.4 Å². The van der Waals surface area contributed by atoms with Gasteiger partial charge in [0.25, 0.3) is 0 Å². The van der Waals surface area contributed by atoms with Crippen molar-refractivity contribution < 1.29 is 4.79 Å². The third kappa shape index (κ3) is 3.49. The molecule has 0 aromatic heterocycles. The van der Waals surface area contributed by atoms with Crippen LogP contribution in [0.4, 0.5) is 0 Å². The van der Waals surface area contributed by atoms with Crippen molar-refractivity contribution in [3.05, 3.63) is 34.4 Å². The van der Waals surface area contributed by atoms with Gasteiger partial charge in [0.2, 0.25) is 0 Å². The molecule has 1 saturated heterocycles. The van der Waals surface area contributed by atoms with Gasteiger partial charge in [-0.2, -0.15) is 0 Å². The zero-order valence-electron chi connectivity index (χ0n) is 13.3. The Morgan fingerprint density at radius 1 is 1.10 bits per heavy atom. The van der Waals surface area contributed by atoms with Gasteiger partial charge in [0.15, 0.2) is 5.78 Å². The lowest BCUT2D eigenvalue weighted by Crippen LogP contribution is -2.37. The fraction of sp³-hybridized carbons (Fsp3) is 0.611. The van der Waals surface area contributed by atoms with Crippen molar-refractivity contribution in [2.75, 3.05) is 19.6 Å². The Balaban J connectivity index is 2.01. The van der Waals surface area contributed by atoms with Gasteiger partial charge in [-0.3, -0.25) is 9.69 Å². The number of carbonyl (C=O) groups excluding carboxylic acids is 1. The molecule has 0 amide bonds. The molecule has 0 atom stereocenters. The Bertz CT molecular complexity index is 484. The van der Waals surface area contributed by atoms with Gasteiger partial charge in [-0.25, -0.2) is 0 Å². The molecule has 1 fully saturated rings. The molecule has 0 saturated carbocycles. The molecule has 1 aliphatic heterocycles. The molecule has 0 spiro atoms. The van der Waals surface area contributed by atoms with Gasteiger partial charge in [0.05, 0.1) is 6.54 Å². The molecule has 1 aromatic carbocycles. The Labute approximate surface area is 123 Å². The summed E-state index contributed by atoms with van der Waals surface area (Å²) >= 11 is 0. The van der Waals surface area contributed by atoms with Crippen LogP contribution in [0.1, 0.15) is 53.2 Å². The van der Waals surface area contributed by atoms with Crippen LogP contribution in [0.25, 0.3) is 0 Å². The molecule has 2 heteroatoms. The molecule has 0 aliphatic carbocycles. The number of piperidine rings is 1. The van der Waals surface area contributed by atoms with Crippen LogP contribution in [-0.4, -0.2) is 30.3 Å². The van der Waals surface area contributed by atoms with E-state index in [1.54, 1.807) is 0 Å². The number of benzene rings is 1. The van der Waals surface area contributed by atoms with Crippen LogP contribution in [0.15, 0.2) is 12.1 Å². The first-order chi connectivity index (χ1) is 9.51. The summed E-state index contributed by atoms with van der Waals surface area (Å²) in [7, 11) is 0. The number of rotatable bonds is 4. The van der Waals surface area contributed by atoms with Gasteiger partial charge >= 0.3 is 0 Å². The van der Waals surface area contributed by atoms with Crippen LogP contribution < -0.4 is 0 Å². The maximum atomic E-state index is 12.5. The van der Waals surface area contributed by atoms with Crippen LogP contribution in [-0.2, 0) is 0 Å². The summed E-state index contributed by atoms with van der Waals surface area (Å²) in [6.07, 6.45) is 3.77. The third-order valence-corrected chi connectivity index (χ3v) is 4.79. The zero-order valence-corrected chi connectivity index (χ0v) is 13.3. The first-order valence-electron chi connectivity index (χ1n) is 7.84. The molecule has 1 heterocycles. The molecule has 0 bridgehead atoms. The summed E-state index contributed by atoms with van der Waals surface area (Å²) in [6, 6.07) is 4.19. The van der Waals surface area contributed by atoms with Gasteiger partial charge in [-0.15, -0.1) is 0 Å². The van der Waals surface area contributed by atoms with Crippen LogP contribution in [0.2, 0.25) is 0 Å². The molecule has 0 radical (unpaired) electrons. The fourth-order valence-electron chi connectivity index (χ4n) is 3.10. The minimum Gasteiger partial charge on any atom is -0.296 e. The van der Waals surface area contributed by atoms with Crippen LogP contribution in [0, 0.1) is 26.7 Å². The van der Waals surface area contributed by atoms with Gasteiger partial charge in [0.1, 0.15) is 0 Å². The highest BCUT2D eigenvalue weighted by atomic mass is 16.1. The molecule has 2 rings (SSSR count). The lowest BCUT2D eigenvalue weighted by molar-refractivity contribution is 0.0894. The Kier molecular flexibility index (Phi) is 4.98. The van der Waals surface area contributed by atoms with Gasteiger partial charge in [-0.1, -0.05) is 19.4 Å². The Morgan fingerprint density at radius 2 is 1.70 bits per heavy atom. The van der Waals surface area contributed by atoms with E-state index < -0.39 is 0 Å². The van der Waals surface area contributed by atoms with E-state index in [2.05, 4.69) is 37.8 Å². The summed E-state index contributed by atoms with van der Waals surface area (Å²) < 4.78 is 0. The molecule has 110 valence electrons. The first-order valence-corrected chi connectivity index (χ1v) is 7.84. The summed E-state index contributed by atoms with van der Waals surface area (Å²) in [5.41, 5.74) is 4.50. The lowest BCUT2D eigenvalue weighted by Gasteiger charge is -2.31. The van der Waals surface area contributed by atoms with E-state index in [0.717, 1.165) is 30.1 Å². The normalized spacial score (nSPS) is 17.4. The number of hydrogen-bond donors (Lipinski definition) is 0. The number of nitrogens with zero attached hydrogens (tertiary/aromatic N) is 1. The molecule has 0 N–H and O–H groups in total. The maximum absolute atomic E-state index is 12.5. The van der Waals surface area contributed by atoms with E-state index in [4.69, 9.17) is 0 Å². The average Bonchev–Trinajstić information content (AvgIpc) is 2.43. The minimum absolute atomic E-state index is 0.278. The number of carbonyl (C=O) groups is 1. The van der Waals surface area contributed by atoms with E-state index >= 15 is 0 Å². The zero-order chi connectivity index (χ0) is 14.7. The number of Topliss-reactive ketones (excluding diaryl/α,β-unsaturated/α-hetero) is 1. The molecule has 2 nitrogen and oxygen atoms in total. The maximum Gasteiger partial charge on any atom is 0.177 e. The first kappa shape index (κ1) is 15.2. The minimum atomic E-state index is 0.278. The van der Waals surface area contributed by atoms with Crippen molar-refractivity contribution in [3.8, 4) is 0 Å². The summed E-state index contributed by atoms with van der Waals surface area (Å²) in [6.45, 7) is 11.2. The van der Waals surface area contributed by atoms with Crippen molar-refractivity contribution in [1.29, 1.82) is 0 Å². The number of likely N-dealkylation sites (tertiary alicyclic amines) is 1. The number of aryl methyl sites for hydroxylation is 3. The van der Waals surface area contributed by atoms with Crippen molar-refractivity contribution in [2.24, 2.45) is 5.92 Å². The van der Waals surface area contributed by atoms with Crippen molar-refractivity contribution >= 4 is 5.78 Å². The smallest absolute Gasteiger partial charge is 0.177 e. The predicted molar refractivity (Wildman–Crippen MR) is 84.4 cm³/mol. The highest BCUT2D eigenvalue weighted by Gasteiger charge is 2.21. The third-order valence-electron chi connectivity index (χ3n) is 4.79. The van der Waals surface area contributed by atoms with Gasteiger partial charge < -0.3 is 0 Å². The monoisotopic (exact) mass is 273 g/mol. The fourth-order valence-corrected chi connectivity index (χ4v) is 3.10. The molecule has 1 aliphatic rings. The summed E-state index contributed by atoms with van der Waals surface area (Å²) in [4.78, 5) is 14.8. The molecular weight excluding hydrogens is 246 g/mol. The summed E-state index contributed by atoms with van der Waals surface area (Å²) in [5.74, 6) is 1.14. The second-order valence-electron chi connectivity index (χ2n) is 6.30. The van der Waals surface area contributed by atoms with E-state index in [-0.39, 0.29) is 5.78 Å². The van der Waals surface area contributed by atoms with Crippen molar-refractivity contribution in [1.82, 2.24) is 4.90 Å². The second kappa shape index (κ2) is 6.53. The van der Waals surface area contributed by atoms with Crippen molar-refractivity contribution in [3.63, 3.8) is 0 Å². The quantitative estimate of drug-likeness (QED) is 0.775. The highest BCUT2D eigenvalue weighted by molar-refractivity contribution is 5.99. The number of hydrogen-bond acceptors (Lipinski definition) is 2. The largest absolute Gasteiger partial charge is 0.296 e. The van der Waals surface area contributed by atoms with Crippen molar-refractivity contribution in [2.45, 2.75) is 47.0 Å². The topological polar surface area (TPSA) is 20.3 Å². The van der Waals surface area contributed by atoms with Crippen LogP contribution >= 0.6 is 0 Å². The lowest BCUT2D eigenvalue weighted by atomic mass is 9.93. The molecular formula is C18H27NO. The Morgan fingerprint density at radius 3 is 2.30 bits per heavy atom. The SMILES string of the molecule is CCC1CCN(CC(=O)c2cc(C)c(C)cc2C)CC1. The molecule has 20 heavy (non-hydrogen) atoms. The molecule has 0 unspecified atom stereocenters. The van der Waals surface area contributed by atoms with E-state index in [1.165, 1.54) is 30.4 Å². The number of ketones is 1. The Hall–Kier alpha value is -1.15. The predicted octanol–water partition coefficient (Wildman–Crippen LogP) is 3.92. The van der Waals surface area contributed by atoms with E-state index in [9.17, 15) is 4.79 Å². The van der Waals surface area contributed by atoms with E-state index in [0.29, 0.717) is 6.54 Å². The summed E-state index contributed by atoms with van der Waals surface area (Å²) in [5, 5.41) is 0.